The van der Waals surface area contributed by atoms with Gasteiger partial charge in [-0.25, -0.2) is 0 Å². The first-order valence-electron chi connectivity index (χ1n) is 9.21. The van der Waals surface area contributed by atoms with Crippen LogP contribution >= 0.6 is 11.8 Å². The number of aliphatic imine (C=N–C) groups is 1. The summed E-state index contributed by atoms with van der Waals surface area (Å²) in [6, 6.07) is 17.6. The van der Waals surface area contributed by atoms with E-state index in [1.54, 1.807) is 4.90 Å². The molecule has 1 fully saturated rings. The lowest BCUT2D eigenvalue weighted by molar-refractivity contribution is -0.122. The molecular formula is C22H24N2O2S. The Bertz CT molecular complexity index is 829. The number of aliphatic hydroxyl groups is 1. The van der Waals surface area contributed by atoms with E-state index in [1.165, 1.54) is 11.8 Å². The fourth-order valence-electron chi connectivity index (χ4n) is 2.75. The molecule has 0 atom stereocenters. The van der Waals surface area contributed by atoms with Crippen molar-refractivity contribution in [3.63, 3.8) is 0 Å². The molecule has 27 heavy (non-hydrogen) atoms. The second-order valence-corrected chi connectivity index (χ2v) is 7.41. The first-order chi connectivity index (χ1) is 13.2. The van der Waals surface area contributed by atoms with E-state index in [0.29, 0.717) is 18.0 Å². The summed E-state index contributed by atoms with van der Waals surface area (Å²) in [5, 5.41) is 9.94. The molecule has 2 aromatic carbocycles. The van der Waals surface area contributed by atoms with Crippen LogP contribution in [0.2, 0.25) is 0 Å². The third-order valence-corrected chi connectivity index (χ3v) is 5.37. The highest BCUT2D eigenvalue weighted by Crippen LogP contribution is 2.33. The molecule has 1 amide bonds. The number of hydrogen-bond acceptors (Lipinski definition) is 4. The molecule has 2 aromatic rings. The number of thioether (sulfide) groups is 1. The minimum absolute atomic E-state index is 0.0195. The molecule has 1 aliphatic heterocycles. The summed E-state index contributed by atoms with van der Waals surface area (Å²) in [4.78, 5) is 20.1. The van der Waals surface area contributed by atoms with Crippen molar-refractivity contribution in [1.29, 1.82) is 0 Å². The summed E-state index contributed by atoms with van der Waals surface area (Å²) >= 11 is 1.44. The van der Waals surface area contributed by atoms with Gasteiger partial charge in [-0.15, -0.1) is 0 Å². The van der Waals surface area contributed by atoms with Crippen LogP contribution in [0, 0.1) is 0 Å². The molecule has 0 bridgehead atoms. The van der Waals surface area contributed by atoms with Gasteiger partial charge in [-0.3, -0.25) is 14.7 Å². The molecule has 0 saturated carbocycles. The third kappa shape index (κ3) is 5.08. The van der Waals surface area contributed by atoms with Crippen molar-refractivity contribution in [2.75, 3.05) is 6.54 Å². The molecule has 0 unspecified atom stereocenters. The van der Waals surface area contributed by atoms with Gasteiger partial charge in [0.2, 0.25) is 0 Å². The Labute approximate surface area is 164 Å². The summed E-state index contributed by atoms with van der Waals surface area (Å²) in [6.07, 6.45) is 3.88. The van der Waals surface area contributed by atoms with Crippen LogP contribution in [-0.2, 0) is 17.9 Å². The van der Waals surface area contributed by atoms with E-state index in [1.807, 2.05) is 60.7 Å². The maximum atomic E-state index is 12.9. The van der Waals surface area contributed by atoms with Crippen LogP contribution in [0.15, 0.2) is 64.5 Å². The van der Waals surface area contributed by atoms with Crippen molar-refractivity contribution in [3.8, 4) is 0 Å². The Hall–Kier alpha value is -2.37. The number of aliphatic hydroxyl groups excluding tert-OH is 1. The molecule has 0 aliphatic carbocycles. The van der Waals surface area contributed by atoms with Crippen LogP contribution in [-0.4, -0.2) is 27.6 Å². The number of carbonyl (C=O) groups is 1. The van der Waals surface area contributed by atoms with Gasteiger partial charge in [-0.1, -0.05) is 67.9 Å². The molecule has 1 heterocycles. The topological polar surface area (TPSA) is 52.9 Å². The highest BCUT2D eigenvalue weighted by molar-refractivity contribution is 8.18. The van der Waals surface area contributed by atoms with Crippen LogP contribution < -0.4 is 0 Å². The van der Waals surface area contributed by atoms with Crippen molar-refractivity contribution in [2.45, 2.75) is 32.9 Å². The van der Waals surface area contributed by atoms with E-state index >= 15 is 0 Å². The van der Waals surface area contributed by atoms with Gasteiger partial charge in [0.05, 0.1) is 18.1 Å². The van der Waals surface area contributed by atoms with Crippen molar-refractivity contribution < 1.29 is 9.90 Å². The Balaban J connectivity index is 1.81. The quantitative estimate of drug-likeness (QED) is 0.722. The predicted molar refractivity (Wildman–Crippen MR) is 112 cm³/mol. The third-order valence-electron chi connectivity index (χ3n) is 4.32. The zero-order chi connectivity index (χ0) is 19.1. The first-order valence-corrected chi connectivity index (χ1v) is 10.0. The molecular weight excluding hydrogens is 356 g/mol. The Morgan fingerprint density at radius 1 is 1.07 bits per heavy atom. The van der Waals surface area contributed by atoms with Crippen molar-refractivity contribution >= 4 is 28.9 Å². The van der Waals surface area contributed by atoms with Crippen molar-refractivity contribution in [1.82, 2.24) is 4.90 Å². The van der Waals surface area contributed by atoms with Crippen LogP contribution in [0.3, 0.4) is 0 Å². The number of hydrogen-bond donors (Lipinski definition) is 1. The Morgan fingerprint density at radius 3 is 2.48 bits per heavy atom. The van der Waals surface area contributed by atoms with E-state index < -0.39 is 0 Å². The zero-order valence-electron chi connectivity index (χ0n) is 15.5. The smallest absolute Gasteiger partial charge is 0.266 e. The Morgan fingerprint density at radius 2 is 1.81 bits per heavy atom. The van der Waals surface area contributed by atoms with Gasteiger partial charge in [0.25, 0.3) is 5.91 Å². The molecule has 0 aromatic heterocycles. The SMILES string of the molecule is CCCCN1C(=O)/C(=C/c2ccc(CO)cc2)SC1=NCc1ccccc1. The van der Waals surface area contributed by atoms with Crippen molar-refractivity contribution in [3.05, 3.63) is 76.2 Å². The number of nitrogens with zero attached hydrogens (tertiary/aromatic N) is 2. The van der Waals surface area contributed by atoms with Gasteiger partial charge in [0.1, 0.15) is 0 Å². The highest BCUT2D eigenvalue weighted by Gasteiger charge is 2.32. The number of amides is 1. The number of amidine groups is 1. The highest BCUT2D eigenvalue weighted by atomic mass is 32.2. The largest absolute Gasteiger partial charge is 0.392 e. The fraction of sp³-hybridized carbons (Fsp3) is 0.273. The summed E-state index contributed by atoms with van der Waals surface area (Å²) in [5.74, 6) is 0.0199. The minimum atomic E-state index is 0.0195. The minimum Gasteiger partial charge on any atom is -0.392 e. The molecule has 1 N–H and O–H groups in total. The summed E-state index contributed by atoms with van der Waals surface area (Å²) in [5.41, 5.74) is 2.94. The number of rotatable bonds is 7. The average Bonchev–Trinajstić information content (AvgIpc) is 3.00. The fourth-order valence-corrected chi connectivity index (χ4v) is 3.75. The summed E-state index contributed by atoms with van der Waals surface area (Å²) < 4.78 is 0. The maximum Gasteiger partial charge on any atom is 0.266 e. The normalized spacial score (nSPS) is 17.3. The molecule has 1 saturated heterocycles. The molecule has 1 aliphatic rings. The van der Waals surface area contributed by atoms with Crippen LogP contribution in [0.5, 0.6) is 0 Å². The summed E-state index contributed by atoms with van der Waals surface area (Å²) in [6.45, 7) is 3.40. The first kappa shape index (κ1) is 19.4. The molecule has 4 nitrogen and oxygen atoms in total. The van der Waals surface area contributed by atoms with Gasteiger partial charge in [-0.2, -0.15) is 0 Å². The van der Waals surface area contributed by atoms with E-state index in [-0.39, 0.29) is 12.5 Å². The summed E-state index contributed by atoms with van der Waals surface area (Å²) in [7, 11) is 0. The number of benzene rings is 2. The van der Waals surface area contributed by atoms with Crippen LogP contribution in [0.25, 0.3) is 6.08 Å². The lowest BCUT2D eigenvalue weighted by atomic mass is 10.1. The van der Waals surface area contributed by atoms with Gasteiger partial charge in [-0.05, 0) is 40.9 Å². The van der Waals surface area contributed by atoms with Crippen LogP contribution in [0.1, 0.15) is 36.5 Å². The average molecular weight is 381 g/mol. The van der Waals surface area contributed by atoms with E-state index in [0.717, 1.165) is 34.7 Å². The number of carbonyl (C=O) groups excluding carboxylic acids is 1. The van der Waals surface area contributed by atoms with Gasteiger partial charge in [0, 0.05) is 6.54 Å². The second-order valence-electron chi connectivity index (χ2n) is 6.41. The second kappa shape index (κ2) is 9.53. The van der Waals surface area contributed by atoms with E-state index in [2.05, 4.69) is 6.92 Å². The molecule has 5 heteroatoms. The monoisotopic (exact) mass is 380 g/mol. The molecule has 140 valence electrons. The maximum absolute atomic E-state index is 12.9. The van der Waals surface area contributed by atoms with Crippen molar-refractivity contribution in [2.24, 2.45) is 4.99 Å². The van der Waals surface area contributed by atoms with Gasteiger partial charge < -0.3 is 5.11 Å². The van der Waals surface area contributed by atoms with Crippen LogP contribution in [0.4, 0.5) is 0 Å². The van der Waals surface area contributed by atoms with Gasteiger partial charge in [0.15, 0.2) is 5.17 Å². The predicted octanol–water partition coefficient (Wildman–Crippen LogP) is 4.45. The zero-order valence-corrected chi connectivity index (χ0v) is 16.3. The van der Waals surface area contributed by atoms with Gasteiger partial charge >= 0.3 is 0 Å². The Kier molecular flexibility index (Phi) is 6.85. The van der Waals surface area contributed by atoms with E-state index in [4.69, 9.17) is 10.1 Å². The molecule has 0 radical (unpaired) electrons. The lowest BCUT2D eigenvalue weighted by Gasteiger charge is -2.14. The lowest BCUT2D eigenvalue weighted by Crippen LogP contribution is -2.30. The van der Waals surface area contributed by atoms with E-state index in [9.17, 15) is 4.79 Å². The number of unbranched alkanes of at least 4 members (excludes halogenated alkanes) is 1. The standard InChI is InChI=1S/C22H24N2O2S/c1-2-3-13-24-21(26)20(14-17-9-11-19(16-25)12-10-17)27-22(24)23-15-18-7-5-4-6-8-18/h4-12,14,25H,2-3,13,15-16H2,1H3/b20-14-,23-22?. The molecule has 0 spiro atoms. The molecule has 3 rings (SSSR count).